The van der Waals surface area contributed by atoms with Crippen molar-refractivity contribution in [1.82, 2.24) is 10.5 Å². The number of nitrogens with one attached hydrogen (secondary N) is 1. The van der Waals surface area contributed by atoms with Crippen molar-refractivity contribution in [2.75, 3.05) is 0 Å². The van der Waals surface area contributed by atoms with E-state index >= 15 is 0 Å². The summed E-state index contributed by atoms with van der Waals surface area (Å²) in [5, 5.41) is 8.62. The minimum absolute atomic E-state index is 0.0993. The number of nitrogens with zero attached hydrogens (tertiary/aromatic N) is 1. The topological polar surface area (TPSA) is 62.2 Å². The first-order valence-corrected chi connectivity index (χ1v) is 8.12. The first kappa shape index (κ1) is 20.6. The van der Waals surface area contributed by atoms with E-state index in [1.54, 1.807) is 25.1 Å². The first-order valence-electron chi connectivity index (χ1n) is 8.12. The lowest BCUT2D eigenvalue weighted by Crippen LogP contribution is -2.18. The van der Waals surface area contributed by atoms with Crippen LogP contribution in [-0.2, 0) is 17.4 Å². The smallest absolute Gasteiger partial charge is 0.289 e. The molecule has 2 N–H and O–H groups in total. The summed E-state index contributed by atoms with van der Waals surface area (Å²) in [4.78, 5) is 14.6. The van der Waals surface area contributed by atoms with E-state index < -0.39 is 17.8 Å². The number of aromatic nitrogens is 1. The molecule has 1 heterocycles. The fraction of sp³-hybridized carbons (Fsp3) is 0.263. The van der Waals surface area contributed by atoms with E-state index in [-0.39, 0.29) is 30.6 Å². The van der Waals surface area contributed by atoms with E-state index in [9.17, 15) is 22.4 Å². The minimum Gasteiger partial charge on any atom is -0.289 e. The van der Waals surface area contributed by atoms with Crippen molar-refractivity contribution < 1.29 is 27.6 Å². The van der Waals surface area contributed by atoms with Crippen molar-refractivity contribution in [3.8, 4) is 0 Å². The van der Waals surface area contributed by atoms with Gasteiger partial charge in [0.15, 0.2) is 0 Å². The zero-order valence-corrected chi connectivity index (χ0v) is 14.5. The molecule has 144 valence electrons. The number of pyridine rings is 1. The van der Waals surface area contributed by atoms with Crippen molar-refractivity contribution in [2.24, 2.45) is 0 Å². The van der Waals surface area contributed by atoms with Gasteiger partial charge in [0, 0.05) is 12.6 Å². The monoisotopic (exact) mass is 382 g/mol. The second-order valence-electron chi connectivity index (χ2n) is 5.92. The minimum atomic E-state index is -4.59. The van der Waals surface area contributed by atoms with Gasteiger partial charge in [0.05, 0.1) is 0 Å². The number of amides is 1. The molecule has 0 atom stereocenters. The highest BCUT2D eigenvalue weighted by atomic mass is 19.4. The van der Waals surface area contributed by atoms with Crippen LogP contribution in [-0.4, -0.2) is 16.1 Å². The Morgan fingerprint density at radius 1 is 1.26 bits per heavy atom. The molecule has 0 fully saturated rings. The zero-order valence-electron chi connectivity index (χ0n) is 14.5. The summed E-state index contributed by atoms with van der Waals surface area (Å²) in [5.74, 6) is -1.03. The molecule has 4 nitrogen and oxygen atoms in total. The molecule has 27 heavy (non-hydrogen) atoms. The summed E-state index contributed by atoms with van der Waals surface area (Å²) in [6, 6.07) is 6.92. The van der Waals surface area contributed by atoms with Crippen molar-refractivity contribution in [2.45, 2.75) is 32.4 Å². The van der Waals surface area contributed by atoms with E-state index in [0.717, 1.165) is 12.3 Å². The van der Waals surface area contributed by atoms with Crippen LogP contribution in [0.5, 0.6) is 0 Å². The van der Waals surface area contributed by atoms with Gasteiger partial charge in [-0.05, 0) is 60.2 Å². The van der Waals surface area contributed by atoms with Crippen molar-refractivity contribution in [3.63, 3.8) is 0 Å². The molecule has 0 bridgehead atoms. The van der Waals surface area contributed by atoms with Gasteiger partial charge in [-0.25, -0.2) is 9.87 Å². The van der Waals surface area contributed by atoms with Crippen LogP contribution in [0, 0.1) is 12.7 Å². The molecule has 8 heteroatoms. The van der Waals surface area contributed by atoms with Gasteiger partial charge in [-0.1, -0.05) is 18.2 Å². The van der Waals surface area contributed by atoms with Crippen LogP contribution in [0.4, 0.5) is 17.6 Å². The standard InChI is InChI=1S/C19H18F4N2O2/c1-12-13(3-2-4-16(12)20)5-6-14(7-8-18(26)25-27)15-9-10-24-17(11-15)19(21,22)23/h2-4,6,9-11,27H,5,7-8H2,1H3,(H,25,26)/b14-6+. The zero-order chi connectivity index (χ0) is 20.0. The number of rotatable bonds is 6. The van der Waals surface area contributed by atoms with Crippen LogP contribution in [0.15, 0.2) is 42.6 Å². The van der Waals surface area contributed by atoms with Crippen LogP contribution < -0.4 is 5.48 Å². The third-order valence-electron chi connectivity index (χ3n) is 4.12. The number of alkyl halides is 3. The predicted molar refractivity (Wildman–Crippen MR) is 91.2 cm³/mol. The fourth-order valence-corrected chi connectivity index (χ4v) is 2.56. The Hall–Kier alpha value is -2.74. The van der Waals surface area contributed by atoms with E-state index in [1.807, 2.05) is 0 Å². The number of hydrogen-bond acceptors (Lipinski definition) is 3. The Kier molecular flexibility index (Phi) is 6.68. The van der Waals surface area contributed by atoms with E-state index in [4.69, 9.17) is 5.21 Å². The molecule has 2 aromatic rings. The van der Waals surface area contributed by atoms with Gasteiger partial charge in [-0.2, -0.15) is 13.2 Å². The number of halogens is 4. The summed E-state index contributed by atoms with van der Waals surface area (Å²) < 4.78 is 52.5. The van der Waals surface area contributed by atoms with Crippen molar-refractivity contribution in [1.29, 1.82) is 0 Å². The van der Waals surface area contributed by atoms with Crippen LogP contribution in [0.3, 0.4) is 0 Å². The summed E-state index contributed by atoms with van der Waals surface area (Å²) in [6.45, 7) is 1.62. The quantitative estimate of drug-likeness (QED) is 0.441. The largest absolute Gasteiger partial charge is 0.433 e. The number of benzene rings is 1. The highest BCUT2D eigenvalue weighted by Gasteiger charge is 2.32. The normalized spacial score (nSPS) is 12.1. The van der Waals surface area contributed by atoms with Gasteiger partial charge in [0.25, 0.3) is 0 Å². The van der Waals surface area contributed by atoms with E-state index in [0.29, 0.717) is 16.7 Å². The number of hydroxylamine groups is 1. The second-order valence-corrected chi connectivity index (χ2v) is 5.92. The van der Waals surface area contributed by atoms with Gasteiger partial charge in [-0.15, -0.1) is 0 Å². The Morgan fingerprint density at radius 2 is 2.00 bits per heavy atom. The van der Waals surface area contributed by atoms with Crippen LogP contribution in [0.25, 0.3) is 5.57 Å². The van der Waals surface area contributed by atoms with Gasteiger partial charge in [-0.3, -0.25) is 15.0 Å². The van der Waals surface area contributed by atoms with Crippen LogP contribution in [0.1, 0.15) is 35.2 Å². The number of carbonyl (C=O) groups is 1. The predicted octanol–water partition coefficient (Wildman–Crippen LogP) is 4.46. The lowest BCUT2D eigenvalue weighted by molar-refractivity contribution is -0.141. The lowest BCUT2D eigenvalue weighted by atomic mass is 9.97. The Bertz CT molecular complexity index is 848. The molecule has 0 spiro atoms. The van der Waals surface area contributed by atoms with Gasteiger partial charge < -0.3 is 0 Å². The highest BCUT2D eigenvalue weighted by Crippen LogP contribution is 2.30. The Morgan fingerprint density at radius 3 is 2.67 bits per heavy atom. The second kappa shape index (κ2) is 8.77. The molecule has 0 aliphatic rings. The summed E-state index contributed by atoms with van der Waals surface area (Å²) in [5.41, 5.74) is 2.31. The van der Waals surface area contributed by atoms with Gasteiger partial charge in [0.2, 0.25) is 5.91 Å². The maximum Gasteiger partial charge on any atom is 0.433 e. The third kappa shape index (κ3) is 5.62. The first-order chi connectivity index (χ1) is 12.7. The molecular formula is C19H18F4N2O2. The molecule has 0 unspecified atom stereocenters. The Labute approximate surface area is 153 Å². The molecule has 1 amide bonds. The average molecular weight is 382 g/mol. The molecule has 1 aromatic carbocycles. The number of hydrogen-bond donors (Lipinski definition) is 2. The molecular weight excluding hydrogens is 364 g/mol. The molecule has 0 aliphatic heterocycles. The van der Waals surface area contributed by atoms with E-state index in [2.05, 4.69) is 4.98 Å². The molecule has 0 aliphatic carbocycles. The molecule has 0 saturated heterocycles. The van der Waals surface area contributed by atoms with Gasteiger partial charge in [0.1, 0.15) is 11.5 Å². The maximum atomic E-state index is 13.7. The highest BCUT2D eigenvalue weighted by molar-refractivity contribution is 5.78. The number of carbonyl (C=O) groups excluding carboxylic acids is 1. The van der Waals surface area contributed by atoms with Crippen LogP contribution >= 0.6 is 0 Å². The third-order valence-corrected chi connectivity index (χ3v) is 4.12. The number of allylic oxidation sites excluding steroid dienone is 2. The summed E-state index contributed by atoms with van der Waals surface area (Å²) in [6.07, 6.45) is -1.63. The maximum absolute atomic E-state index is 13.7. The molecule has 0 saturated carbocycles. The summed E-state index contributed by atoms with van der Waals surface area (Å²) >= 11 is 0. The summed E-state index contributed by atoms with van der Waals surface area (Å²) in [7, 11) is 0. The molecule has 2 rings (SSSR count). The van der Waals surface area contributed by atoms with Gasteiger partial charge >= 0.3 is 6.18 Å². The lowest BCUT2D eigenvalue weighted by Gasteiger charge is -2.12. The van der Waals surface area contributed by atoms with Crippen molar-refractivity contribution in [3.05, 3.63) is 70.8 Å². The SMILES string of the molecule is Cc1c(F)cccc1C/C=C(\CCC(=O)NO)c1ccnc(C(F)(F)F)c1. The van der Waals surface area contributed by atoms with Crippen LogP contribution in [0.2, 0.25) is 0 Å². The Balaban J connectivity index is 2.36. The van der Waals surface area contributed by atoms with Crippen molar-refractivity contribution >= 4 is 11.5 Å². The molecule has 0 radical (unpaired) electrons. The molecule has 1 aromatic heterocycles. The average Bonchev–Trinajstić information content (AvgIpc) is 2.64. The van der Waals surface area contributed by atoms with E-state index in [1.165, 1.54) is 17.6 Å². The fourth-order valence-electron chi connectivity index (χ4n) is 2.56.